The van der Waals surface area contributed by atoms with Crippen LogP contribution in [0, 0.1) is 13.8 Å². The summed E-state index contributed by atoms with van der Waals surface area (Å²) in [6.07, 6.45) is 0. The molecule has 2 aromatic rings. The third-order valence-electron chi connectivity index (χ3n) is 2.80. The van der Waals surface area contributed by atoms with Crippen molar-refractivity contribution in [2.45, 2.75) is 13.8 Å². The number of rotatable bonds is 3. The number of thiocarbonyl (C=S) groups is 1. The predicted octanol–water partition coefficient (Wildman–Crippen LogP) is 3.68. The molecule has 0 atom stereocenters. The smallest absolute Gasteiger partial charge is 0.104 e. The van der Waals surface area contributed by atoms with Crippen LogP contribution in [0.15, 0.2) is 42.5 Å². The highest BCUT2D eigenvalue weighted by Crippen LogP contribution is 2.20. The van der Waals surface area contributed by atoms with Gasteiger partial charge in [0.2, 0.25) is 0 Å². The topological polar surface area (TPSA) is 38.0 Å². The molecule has 0 spiro atoms. The van der Waals surface area contributed by atoms with E-state index in [2.05, 4.69) is 30.4 Å². The second-order valence-corrected chi connectivity index (χ2v) is 4.83. The third kappa shape index (κ3) is 2.87. The Morgan fingerprint density at radius 1 is 1.06 bits per heavy atom. The molecule has 2 rings (SSSR count). The molecule has 0 saturated carbocycles. The highest BCUT2D eigenvalue weighted by atomic mass is 32.1. The summed E-state index contributed by atoms with van der Waals surface area (Å²) in [5.41, 5.74) is 11.0. The fourth-order valence-electron chi connectivity index (χ4n) is 1.91. The van der Waals surface area contributed by atoms with Crippen molar-refractivity contribution in [1.82, 2.24) is 0 Å². The molecule has 18 heavy (non-hydrogen) atoms. The SMILES string of the molecule is Cc1cccc(Nc2ccc(C(N)=S)c(C)c2)c1. The van der Waals surface area contributed by atoms with Gasteiger partial charge in [0.1, 0.15) is 4.99 Å². The van der Waals surface area contributed by atoms with E-state index in [9.17, 15) is 0 Å². The lowest BCUT2D eigenvalue weighted by Crippen LogP contribution is -2.11. The first-order valence-electron chi connectivity index (χ1n) is 5.80. The van der Waals surface area contributed by atoms with Crippen LogP contribution in [0.2, 0.25) is 0 Å². The number of nitrogens with two attached hydrogens (primary N) is 1. The van der Waals surface area contributed by atoms with Crippen LogP contribution in [0.25, 0.3) is 0 Å². The molecule has 2 aromatic carbocycles. The molecule has 0 radical (unpaired) electrons. The molecular formula is C15H16N2S. The normalized spacial score (nSPS) is 10.1. The summed E-state index contributed by atoms with van der Waals surface area (Å²) >= 11 is 5.00. The first kappa shape index (κ1) is 12.6. The molecule has 0 bridgehead atoms. The number of anilines is 2. The minimum absolute atomic E-state index is 0.439. The molecule has 0 fully saturated rings. The molecule has 2 nitrogen and oxygen atoms in total. The predicted molar refractivity (Wildman–Crippen MR) is 81.5 cm³/mol. The number of nitrogens with one attached hydrogen (secondary N) is 1. The summed E-state index contributed by atoms with van der Waals surface area (Å²) < 4.78 is 0. The molecule has 92 valence electrons. The zero-order valence-electron chi connectivity index (χ0n) is 10.5. The third-order valence-corrected chi connectivity index (χ3v) is 3.02. The molecule has 0 saturated heterocycles. The second-order valence-electron chi connectivity index (χ2n) is 4.39. The van der Waals surface area contributed by atoms with Gasteiger partial charge in [0.05, 0.1) is 0 Å². The van der Waals surface area contributed by atoms with Gasteiger partial charge in [0, 0.05) is 16.9 Å². The van der Waals surface area contributed by atoms with Gasteiger partial charge in [-0.3, -0.25) is 0 Å². The largest absolute Gasteiger partial charge is 0.389 e. The summed E-state index contributed by atoms with van der Waals surface area (Å²) in [5, 5.41) is 3.37. The molecule has 0 aliphatic rings. The number of hydrogen-bond donors (Lipinski definition) is 2. The van der Waals surface area contributed by atoms with Crippen LogP contribution in [-0.4, -0.2) is 4.99 Å². The van der Waals surface area contributed by atoms with Crippen molar-refractivity contribution >= 4 is 28.6 Å². The summed E-state index contributed by atoms with van der Waals surface area (Å²) in [7, 11) is 0. The Bertz CT molecular complexity index is 591. The first-order chi connectivity index (χ1) is 8.56. The minimum atomic E-state index is 0.439. The van der Waals surface area contributed by atoms with Gasteiger partial charge in [-0.25, -0.2) is 0 Å². The lowest BCUT2D eigenvalue weighted by molar-refractivity contribution is 1.41. The molecule has 0 aliphatic heterocycles. The molecule has 3 N–H and O–H groups in total. The quantitative estimate of drug-likeness (QED) is 0.823. The average molecular weight is 256 g/mol. The maximum Gasteiger partial charge on any atom is 0.104 e. The number of aryl methyl sites for hydroxylation is 2. The maximum atomic E-state index is 5.65. The Morgan fingerprint density at radius 2 is 1.78 bits per heavy atom. The van der Waals surface area contributed by atoms with E-state index in [0.29, 0.717) is 4.99 Å². The Kier molecular flexibility index (Phi) is 3.63. The van der Waals surface area contributed by atoms with E-state index in [1.807, 2.05) is 31.2 Å². The molecule has 3 heteroatoms. The molecule has 0 aliphatic carbocycles. The highest BCUT2D eigenvalue weighted by Gasteiger charge is 2.02. The van der Waals surface area contributed by atoms with Gasteiger partial charge in [0.25, 0.3) is 0 Å². The van der Waals surface area contributed by atoms with Gasteiger partial charge in [0.15, 0.2) is 0 Å². The van der Waals surface area contributed by atoms with Crippen molar-refractivity contribution in [3.63, 3.8) is 0 Å². The zero-order valence-corrected chi connectivity index (χ0v) is 11.3. The van der Waals surface area contributed by atoms with Crippen LogP contribution in [-0.2, 0) is 0 Å². The monoisotopic (exact) mass is 256 g/mol. The van der Waals surface area contributed by atoms with Gasteiger partial charge in [-0.15, -0.1) is 0 Å². The molecule has 0 amide bonds. The van der Waals surface area contributed by atoms with E-state index in [1.165, 1.54) is 5.56 Å². The van der Waals surface area contributed by atoms with E-state index in [-0.39, 0.29) is 0 Å². The van der Waals surface area contributed by atoms with Gasteiger partial charge in [-0.05, 0) is 55.3 Å². The van der Waals surface area contributed by atoms with Crippen LogP contribution in [0.4, 0.5) is 11.4 Å². The molecular weight excluding hydrogens is 240 g/mol. The lowest BCUT2D eigenvalue weighted by Gasteiger charge is -2.10. The van der Waals surface area contributed by atoms with Crippen LogP contribution in [0.5, 0.6) is 0 Å². The van der Waals surface area contributed by atoms with Gasteiger partial charge in [-0.2, -0.15) is 0 Å². The van der Waals surface area contributed by atoms with Crippen LogP contribution in [0.1, 0.15) is 16.7 Å². The van der Waals surface area contributed by atoms with Crippen molar-refractivity contribution in [3.8, 4) is 0 Å². The van der Waals surface area contributed by atoms with E-state index in [0.717, 1.165) is 22.5 Å². The summed E-state index contributed by atoms with van der Waals surface area (Å²) in [5.74, 6) is 0. The van der Waals surface area contributed by atoms with E-state index >= 15 is 0 Å². The summed E-state index contributed by atoms with van der Waals surface area (Å²) in [6, 6.07) is 14.3. The van der Waals surface area contributed by atoms with Crippen molar-refractivity contribution in [1.29, 1.82) is 0 Å². The van der Waals surface area contributed by atoms with E-state index in [4.69, 9.17) is 18.0 Å². The Hall–Kier alpha value is -1.87. The van der Waals surface area contributed by atoms with Crippen molar-refractivity contribution < 1.29 is 0 Å². The van der Waals surface area contributed by atoms with Gasteiger partial charge < -0.3 is 11.1 Å². The Balaban J connectivity index is 2.25. The van der Waals surface area contributed by atoms with Crippen LogP contribution < -0.4 is 11.1 Å². The maximum absolute atomic E-state index is 5.65. The molecule has 0 heterocycles. The van der Waals surface area contributed by atoms with E-state index < -0.39 is 0 Å². The lowest BCUT2D eigenvalue weighted by atomic mass is 10.1. The fraction of sp³-hybridized carbons (Fsp3) is 0.133. The fourth-order valence-corrected chi connectivity index (χ4v) is 2.14. The average Bonchev–Trinajstić information content (AvgIpc) is 2.28. The first-order valence-corrected chi connectivity index (χ1v) is 6.21. The zero-order chi connectivity index (χ0) is 13.1. The van der Waals surface area contributed by atoms with Crippen LogP contribution >= 0.6 is 12.2 Å². The number of benzene rings is 2. The van der Waals surface area contributed by atoms with Crippen molar-refractivity contribution in [3.05, 3.63) is 59.2 Å². The second kappa shape index (κ2) is 5.19. The Morgan fingerprint density at radius 3 is 2.39 bits per heavy atom. The van der Waals surface area contributed by atoms with Crippen molar-refractivity contribution in [2.24, 2.45) is 5.73 Å². The van der Waals surface area contributed by atoms with Crippen molar-refractivity contribution in [2.75, 3.05) is 5.32 Å². The van der Waals surface area contributed by atoms with Gasteiger partial charge >= 0.3 is 0 Å². The summed E-state index contributed by atoms with van der Waals surface area (Å²) in [6.45, 7) is 4.09. The number of hydrogen-bond acceptors (Lipinski definition) is 2. The highest BCUT2D eigenvalue weighted by molar-refractivity contribution is 7.80. The van der Waals surface area contributed by atoms with E-state index in [1.54, 1.807) is 0 Å². The standard InChI is InChI=1S/C15H16N2S/c1-10-4-3-5-12(8-10)17-13-6-7-14(15(16)18)11(2)9-13/h3-9,17H,1-2H3,(H2,16,18). The molecule has 0 aromatic heterocycles. The molecule has 0 unspecified atom stereocenters. The van der Waals surface area contributed by atoms with Crippen LogP contribution in [0.3, 0.4) is 0 Å². The summed E-state index contributed by atoms with van der Waals surface area (Å²) in [4.78, 5) is 0.439. The minimum Gasteiger partial charge on any atom is -0.389 e. The van der Waals surface area contributed by atoms with Gasteiger partial charge in [-0.1, -0.05) is 24.4 Å². The Labute approximate surface area is 113 Å².